The first-order chi connectivity index (χ1) is 10.5. The van der Waals surface area contributed by atoms with Crippen molar-refractivity contribution >= 4 is 11.9 Å². The maximum Gasteiger partial charge on any atom is 0.303 e. The molecule has 2 rings (SSSR count). The number of aromatic nitrogens is 1. The zero-order chi connectivity index (χ0) is 16.1. The van der Waals surface area contributed by atoms with E-state index in [0.717, 1.165) is 11.1 Å². The molecule has 0 saturated carbocycles. The summed E-state index contributed by atoms with van der Waals surface area (Å²) in [5.41, 5.74) is 2.62. The van der Waals surface area contributed by atoms with Gasteiger partial charge < -0.3 is 14.5 Å². The van der Waals surface area contributed by atoms with Gasteiger partial charge in [0, 0.05) is 31.6 Å². The maximum absolute atomic E-state index is 12.2. The van der Waals surface area contributed by atoms with E-state index in [1.54, 1.807) is 13.1 Å². The third-order valence-electron chi connectivity index (χ3n) is 3.30. The van der Waals surface area contributed by atoms with Gasteiger partial charge in [0.25, 0.3) is 5.91 Å². The molecule has 0 radical (unpaired) electrons. The Morgan fingerprint density at radius 3 is 2.59 bits per heavy atom. The summed E-state index contributed by atoms with van der Waals surface area (Å²) >= 11 is 0. The van der Waals surface area contributed by atoms with Gasteiger partial charge in [0.15, 0.2) is 0 Å². The first-order valence-corrected chi connectivity index (χ1v) is 6.98. The molecule has 6 nitrogen and oxygen atoms in total. The van der Waals surface area contributed by atoms with E-state index in [1.807, 2.05) is 31.2 Å². The predicted molar refractivity (Wildman–Crippen MR) is 80.5 cm³/mol. The highest BCUT2D eigenvalue weighted by Gasteiger charge is 2.18. The molecular weight excluding hydrogens is 284 g/mol. The van der Waals surface area contributed by atoms with Crippen molar-refractivity contribution in [3.63, 3.8) is 0 Å². The van der Waals surface area contributed by atoms with Gasteiger partial charge >= 0.3 is 5.97 Å². The van der Waals surface area contributed by atoms with Crippen LogP contribution in [0, 0.1) is 6.92 Å². The van der Waals surface area contributed by atoms with Crippen LogP contribution in [0.3, 0.4) is 0 Å². The van der Waals surface area contributed by atoms with Gasteiger partial charge in [-0.2, -0.15) is 0 Å². The maximum atomic E-state index is 12.2. The molecule has 0 aliphatic rings. The van der Waals surface area contributed by atoms with Crippen LogP contribution in [0.25, 0.3) is 11.3 Å². The van der Waals surface area contributed by atoms with Gasteiger partial charge in [0.2, 0.25) is 5.76 Å². The van der Waals surface area contributed by atoms with Crippen molar-refractivity contribution in [2.24, 2.45) is 0 Å². The van der Waals surface area contributed by atoms with E-state index in [9.17, 15) is 9.59 Å². The summed E-state index contributed by atoms with van der Waals surface area (Å²) in [5.74, 6) is -1.04. The molecule has 2 aromatic rings. The molecule has 1 N–H and O–H groups in total. The first-order valence-electron chi connectivity index (χ1n) is 6.98. The number of rotatable bonds is 6. The molecule has 0 fully saturated rings. The number of benzene rings is 1. The average Bonchev–Trinajstić information content (AvgIpc) is 2.96. The van der Waals surface area contributed by atoms with Crippen LogP contribution in [-0.4, -0.2) is 40.6 Å². The van der Waals surface area contributed by atoms with Crippen molar-refractivity contribution in [3.8, 4) is 11.3 Å². The van der Waals surface area contributed by atoms with Crippen LogP contribution in [-0.2, 0) is 4.79 Å². The van der Waals surface area contributed by atoms with Crippen molar-refractivity contribution in [2.75, 3.05) is 13.6 Å². The first kappa shape index (κ1) is 15.8. The zero-order valence-electron chi connectivity index (χ0n) is 12.6. The Morgan fingerprint density at radius 2 is 1.95 bits per heavy atom. The third-order valence-corrected chi connectivity index (χ3v) is 3.30. The number of hydrogen-bond donors (Lipinski definition) is 1. The summed E-state index contributed by atoms with van der Waals surface area (Å²) in [6.45, 7) is 2.35. The number of aryl methyl sites for hydroxylation is 1. The summed E-state index contributed by atoms with van der Waals surface area (Å²) in [4.78, 5) is 24.1. The molecule has 1 amide bonds. The molecule has 0 bridgehead atoms. The fourth-order valence-electron chi connectivity index (χ4n) is 1.99. The van der Waals surface area contributed by atoms with Gasteiger partial charge in [-0.25, -0.2) is 0 Å². The second kappa shape index (κ2) is 6.89. The molecule has 22 heavy (non-hydrogen) atoms. The molecule has 6 heteroatoms. The second-order valence-electron chi connectivity index (χ2n) is 5.17. The van der Waals surface area contributed by atoms with Crippen LogP contribution in [0.1, 0.15) is 29.0 Å². The fourth-order valence-corrected chi connectivity index (χ4v) is 1.99. The minimum absolute atomic E-state index is 0.0304. The summed E-state index contributed by atoms with van der Waals surface area (Å²) in [5, 5.41) is 12.5. The Hall–Kier alpha value is -2.63. The molecular formula is C16H18N2O4. The lowest BCUT2D eigenvalue weighted by Gasteiger charge is -2.14. The van der Waals surface area contributed by atoms with E-state index in [-0.39, 0.29) is 18.1 Å². The largest absolute Gasteiger partial charge is 0.481 e. The Kier molecular flexibility index (Phi) is 4.93. The lowest BCUT2D eigenvalue weighted by atomic mass is 10.1. The highest BCUT2D eigenvalue weighted by molar-refractivity contribution is 5.92. The van der Waals surface area contributed by atoms with E-state index < -0.39 is 5.97 Å². The standard InChI is InChI=1S/C16H18N2O4/c1-11-5-7-12(8-6-11)13-10-14(22-17-13)16(21)18(2)9-3-4-15(19)20/h5-8,10H,3-4,9H2,1-2H3,(H,19,20). The molecule has 0 aliphatic carbocycles. The number of carbonyl (C=O) groups is 2. The van der Waals surface area contributed by atoms with Crippen LogP contribution >= 0.6 is 0 Å². The summed E-state index contributed by atoms with van der Waals surface area (Å²) in [6, 6.07) is 9.35. The smallest absolute Gasteiger partial charge is 0.303 e. The second-order valence-corrected chi connectivity index (χ2v) is 5.17. The number of aliphatic carboxylic acids is 1. The van der Waals surface area contributed by atoms with Crippen molar-refractivity contribution in [2.45, 2.75) is 19.8 Å². The normalized spacial score (nSPS) is 10.5. The van der Waals surface area contributed by atoms with Gasteiger partial charge in [-0.3, -0.25) is 9.59 Å². The third kappa shape index (κ3) is 3.94. The van der Waals surface area contributed by atoms with E-state index in [2.05, 4.69) is 5.16 Å². The van der Waals surface area contributed by atoms with Gasteiger partial charge in [-0.15, -0.1) is 0 Å². The number of nitrogens with zero attached hydrogens (tertiary/aromatic N) is 2. The molecule has 0 saturated heterocycles. The van der Waals surface area contributed by atoms with Crippen LogP contribution in [0.2, 0.25) is 0 Å². The van der Waals surface area contributed by atoms with Crippen molar-refractivity contribution in [1.82, 2.24) is 10.1 Å². The highest BCUT2D eigenvalue weighted by atomic mass is 16.5. The van der Waals surface area contributed by atoms with E-state index in [1.165, 1.54) is 4.90 Å². The summed E-state index contributed by atoms with van der Waals surface area (Å²) < 4.78 is 5.10. The number of hydrogen-bond acceptors (Lipinski definition) is 4. The number of amides is 1. The van der Waals surface area contributed by atoms with Crippen LogP contribution in [0.4, 0.5) is 0 Å². The van der Waals surface area contributed by atoms with E-state index in [0.29, 0.717) is 18.7 Å². The van der Waals surface area contributed by atoms with Crippen molar-refractivity contribution in [1.29, 1.82) is 0 Å². The van der Waals surface area contributed by atoms with Crippen LogP contribution < -0.4 is 0 Å². The van der Waals surface area contributed by atoms with Crippen molar-refractivity contribution in [3.05, 3.63) is 41.7 Å². The van der Waals surface area contributed by atoms with Gasteiger partial charge in [0.05, 0.1) is 0 Å². The number of carboxylic acids is 1. The Balaban J connectivity index is 2.02. The van der Waals surface area contributed by atoms with E-state index >= 15 is 0 Å². The minimum Gasteiger partial charge on any atom is -0.481 e. The summed E-state index contributed by atoms with van der Waals surface area (Å²) in [7, 11) is 1.61. The summed E-state index contributed by atoms with van der Waals surface area (Å²) in [6.07, 6.45) is 0.430. The highest BCUT2D eigenvalue weighted by Crippen LogP contribution is 2.20. The Labute approximate surface area is 128 Å². The molecule has 1 aromatic heterocycles. The quantitative estimate of drug-likeness (QED) is 0.886. The monoisotopic (exact) mass is 302 g/mol. The van der Waals surface area contributed by atoms with Gasteiger partial charge in [0.1, 0.15) is 5.69 Å². The molecule has 116 valence electrons. The van der Waals surface area contributed by atoms with Crippen LogP contribution in [0.15, 0.2) is 34.9 Å². The van der Waals surface area contributed by atoms with E-state index in [4.69, 9.17) is 9.63 Å². The van der Waals surface area contributed by atoms with Gasteiger partial charge in [-0.05, 0) is 13.3 Å². The van der Waals surface area contributed by atoms with Gasteiger partial charge in [-0.1, -0.05) is 35.0 Å². The Morgan fingerprint density at radius 1 is 1.27 bits per heavy atom. The molecule has 0 spiro atoms. The fraction of sp³-hybridized carbons (Fsp3) is 0.312. The topological polar surface area (TPSA) is 83.6 Å². The average molecular weight is 302 g/mol. The number of carboxylic acid groups (broad SMARTS) is 1. The molecule has 0 atom stereocenters. The SMILES string of the molecule is Cc1ccc(-c2cc(C(=O)N(C)CCCC(=O)O)on2)cc1. The predicted octanol–water partition coefficient (Wildman–Crippen LogP) is 2.59. The lowest BCUT2D eigenvalue weighted by molar-refractivity contribution is -0.137. The molecule has 1 heterocycles. The lowest BCUT2D eigenvalue weighted by Crippen LogP contribution is -2.27. The minimum atomic E-state index is -0.873. The zero-order valence-corrected chi connectivity index (χ0v) is 12.6. The Bertz CT molecular complexity index is 661. The molecule has 0 unspecified atom stereocenters. The van der Waals surface area contributed by atoms with Crippen molar-refractivity contribution < 1.29 is 19.2 Å². The van der Waals surface area contributed by atoms with Crippen LogP contribution in [0.5, 0.6) is 0 Å². The molecule has 0 aliphatic heterocycles. The number of carbonyl (C=O) groups excluding carboxylic acids is 1. The molecule has 1 aromatic carbocycles.